The fraction of sp³-hybridized carbons (Fsp3) is 0.231. The van der Waals surface area contributed by atoms with Gasteiger partial charge in [-0.1, -0.05) is 36.7 Å². The number of para-hydroxylation sites is 1. The fourth-order valence-corrected chi connectivity index (χ4v) is 1.77. The monoisotopic (exact) mass is 249 g/mol. The maximum absolute atomic E-state index is 6.21. The minimum absolute atomic E-state index is 0.709. The van der Waals surface area contributed by atoms with Crippen LogP contribution in [0.15, 0.2) is 53.5 Å². The van der Waals surface area contributed by atoms with Gasteiger partial charge in [0, 0.05) is 18.9 Å². The van der Waals surface area contributed by atoms with E-state index in [0.717, 1.165) is 24.4 Å². The maximum Gasteiger partial charge on any atom is 0.0835 e. The molecular weight excluding hydrogens is 234 g/mol. The molecule has 1 aliphatic rings. The van der Waals surface area contributed by atoms with Crippen LogP contribution in [0.2, 0.25) is 0 Å². The van der Waals surface area contributed by atoms with Crippen LogP contribution in [0.1, 0.15) is 13.3 Å². The third-order valence-corrected chi connectivity index (χ3v) is 2.75. The number of nitrogens with zero attached hydrogens (tertiary/aromatic N) is 1. The van der Waals surface area contributed by atoms with E-state index in [2.05, 4.69) is 17.7 Å². The van der Waals surface area contributed by atoms with E-state index in [1.54, 1.807) is 0 Å². The van der Waals surface area contributed by atoms with E-state index in [0.29, 0.717) is 5.03 Å². The highest BCUT2D eigenvalue weighted by Gasteiger charge is 2.11. The molecule has 0 spiro atoms. The van der Waals surface area contributed by atoms with Crippen molar-refractivity contribution in [3.05, 3.63) is 53.5 Å². The van der Waals surface area contributed by atoms with Crippen LogP contribution >= 0.6 is 11.6 Å². The van der Waals surface area contributed by atoms with Crippen molar-refractivity contribution in [2.75, 3.05) is 11.6 Å². The fourth-order valence-electron chi connectivity index (χ4n) is 1.56. The van der Waals surface area contributed by atoms with Gasteiger partial charge >= 0.3 is 0 Å². The molecule has 1 aliphatic heterocycles. The first-order valence-corrected chi connectivity index (χ1v) is 6.11. The molecule has 0 radical (unpaired) electrons. The van der Waals surface area contributed by atoms with Gasteiger partial charge in [-0.2, -0.15) is 0 Å². The van der Waals surface area contributed by atoms with E-state index < -0.39 is 0 Å². The van der Waals surface area contributed by atoms with E-state index in [9.17, 15) is 0 Å². The Balaban J connectivity index is 2.06. The first kappa shape index (κ1) is 11.9. The molecule has 0 saturated carbocycles. The summed E-state index contributed by atoms with van der Waals surface area (Å²) in [5, 5.41) is 5.86. The maximum atomic E-state index is 6.21. The molecule has 3 nitrogen and oxygen atoms in total. The molecule has 0 aromatic heterocycles. The lowest BCUT2D eigenvalue weighted by Gasteiger charge is -2.26. The van der Waals surface area contributed by atoms with Gasteiger partial charge in [0.1, 0.15) is 0 Å². The zero-order chi connectivity index (χ0) is 12.1. The first-order valence-electron chi connectivity index (χ1n) is 5.73. The molecule has 0 bridgehead atoms. The minimum Gasteiger partial charge on any atom is -0.383 e. The summed E-state index contributed by atoms with van der Waals surface area (Å²) in [4.78, 5) is 0. The van der Waals surface area contributed by atoms with Gasteiger partial charge in [-0.3, -0.25) is 10.4 Å². The lowest BCUT2D eigenvalue weighted by molar-refractivity contribution is 0.750. The molecule has 0 fully saturated rings. The van der Waals surface area contributed by atoms with Crippen molar-refractivity contribution < 1.29 is 0 Å². The molecule has 0 atom stereocenters. The Bertz CT molecular complexity index is 426. The second kappa shape index (κ2) is 5.64. The molecule has 2 N–H and O–H groups in total. The zero-order valence-corrected chi connectivity index (χ0v) is 10.5. The van der Waals surface area contributed by atoms with E-state index in [1.807, 2.05) is 47.7 Å². The summed E-state index contributed by atoms with van der Waals surface area (Å²) in [7, 11) is 0. The highest BCUT2D eigenvalue weighted by Crippen LogP contribution is 2.20. The lowest BCUT2D eigenvalue weighted by Crippen LogP contribution is -2.34. The van der Waals surface area contributed by atoms with Crippen LogP contribution in [0.5, 0.6) is 0 Å². The average Bonchev–Trinajstić information content (AvgIpc) is 2.38. The van der Waals surface area contributed by atoms with Gasteiger partial charge < -0.3 is 5.32 Å². The molecule has 1 aromatic carbocycles. The molecule has 1 heterocycles. The molecule has 90 valence electrons. The third-order valence-electron chi connectivity index (χ3n) is 2.45. The Morgan fingerprint density at radius 2 is 2.06 bits per heavy atom. The molecule has 1 aromatic rings. The smallest absolute Gasteiger partial charge is 0.0835 e. The number of hydrogen-bond donors (Lipinski definition) is 2. The Labute approximate surface area is 107 Å². The van der Waals surface area contributed by atoms with Crippen LogP contribution in [0.25, 0.3) is 0 Å². The van der Waals surface area contributed by atoms with Crippen molar-refractivity contribution in [3.8, 4) is 0 Å². The summed E-state index contributed by atoms with van der Waals surface area (Å²) in [6.07, 6.45) is 4.82. The Morgan fingerprint density at radius 3 is 2.71 bits per heavy atom. The standard InChI is InChI=1S/C13H16ClN3/c1-2-8-15-13-9-16-17(10-12(13)14)11-6-4-3-5-7-11/h3-7,9-10,15-16H,2,8H2,1H3. The normalized spacial score (nSPS) is 14.8. The van der Waals surface area contributed by atoms with Crippen LogP contribution < -0.4 is 15.8 Å². The second-order valence-electron chi connectivity index (χ2n) is 3.80. The quantitative estimate of drug-likeness (QED) is 0.859. The summed E-state index contributed by atoms with van der Waals surface area (Å²) >= 11 is 6.21. The minimum atomic E-state index is 0.709. The van der Waals surface area contributed by atoms with Crippen molar-refractivity contribution >= 4 is 17.3 Å². The van der Waals surface area contributed by atoms with Crippen LogP contribution in [-0.4, -0.2) is 6.54 Å². The Morgan fingerprint density at radius 1 is 1.29 bits per heavy atom. The van der Waals surface area contributed by atoms with Gasteiger partial charge in [-0.15, -0.1) is 0 Å². The number of nitrogens with one attached hydrogen (secondary N) is 2. The van der Waals surface area contributed by atoms with Gasteiger partial charge in [0.05, 0.1) is 16.4 Å². The largest absolute Gasteiger partial charge is 0.383 e. The van der Waals surface area contributed by atoms with E-state index in [-0.39, 0.29) is 0 Å². The topological polar surface area (TPSA) is 27.3 Å². The first-order chi connectivity index (χ1) is 8.31. The summed E-state index contributed by atoms with van der Waals surface area (Å²) < 4.78 is 0. The number of benzene rings is 1. The third kappa shape index (κ3) is 2.94. The van der Waals surface area contributed by atoms with Crippen LogP contribution in [0.3, 0.4) is 0 Å². The predicted molar refractivity (Wildman–Crippen MR) is 72.4 cm³/mol. The number of halogens is 1. The highest BCUT2D eigenvalue weighted by molar-refractivity contribution is 6.32. The molecule has 2 rings (SSSR count). The molecule has 0 aliphatic carbocycles. The molecule has 0 unspecified atom stereocenters. The number of hydrazine groups is 1. The summed E-state index contributed by atoms with van der Waals surface area (Å²) in [5.41, 5.74) is 5.16. The van der Waals surface area contributed by atoms with Crippen molar-refractivity contribution in [2.45, 2.75) is 13.3 Å². The van der Waals surface area contributed by atoms with Crippen molar-refractivity contribution in [1.82, 2.24) is 10.7 Å². The predicted octanol–water partition coefficient (Wildman–Crippen LogP) is 2.93. The van der Waals surface area contributed by atoms with Crippen molar-refractivity contribution in [1.29, 1.82) is 0 Å². The van der Waals surface area contributed by atoms with Gasteiger partial charge in [0.25, 0.3) is 0 Å². The summed E-state index contributed by atoms with van der Waals surface area (Å²) in [6.45, 7) is 3.04. The average molecular weight is 250 g/mol. The molecular formula is C13H16ClN3. The van der Waals surface area contributed by atoms with Gasteiger partial charge in [-0.25, -0.2) is 0 Å². The van der Waals surface area contributed by atoms with E-state index in [4.69, 9.17) is 11.6 Å². The van der Waals surface area contributed by atoms with Crippen molar-refractivity contribution in [3.63, 3.8) is 0 Å². The number of allylic oxidation sites excluding steroid dienone is 1. The lowest BCUT2D eigenvalue weighted by atomic mass is 10.3. The SMILES string of the molecule is CCCNC1=CNN(c2ccccc2)C=C1Cl. The van der Waals surface area contributed by atoms with Crippen LogP contribution in [-0.2, 0) is 0 Å². The second-order valence-corrected chi connectivity index (χ2v) is 4.20. The van der Waals surface area contributed by atoms with Crippen LogP contribution in [0.4, 0.5) is 5.69 Å². The summed E-state index contributed by atoms with van der Waals surface area (Å²) in [5.74, 6) is 0. The number of rotatable bonds is 4. The Hall–Kier alpha value is -1.61. The number of hydrogen-bond acceptors (Lipinski definition) is 3. The molecule has 4 heteroatoms. The van der Waals surface area contributed by atoms with Crippen LogP contribution in [0, 0.1) is 0 Å². The van der Waals surface area contributed by atoms with E-state index >= 15 is 0 Å². The summed E-state index contributed by atoms with van der Waals surface area (Å²) in [6, 6.07) is 10.0. The van der Waals surface area contributed by atoms with E-state index in [1.165, 1.54) is 0 Å². The number of anilines is 1. The molecule has 17 heavy (non-hydrogen) atoms. The zero-order valence-electron chi connectivity index (χ0n) is 9.78. The van der Waals surface area contributed by atoms with Gasteiger partial charge in [0.15, 0.2) is 0 Å². The Kier molecular flexibility index (Phi) is 3.94. The van der Waals surface area contributed by atoms with Crippen molar-refractivity contribution in [2.24, 2.45) is 0 Å². The van der Waals surface area contributed by atoms with Gasteiger partial charge in [-0.05, 0) is 18.6 Å². The molecule has 0 saturated heterocycles. The molecule has 0 amide bonds. The highest BCUT2D eigenvalue weighted by atomic mass is 35.5. The van der Waals surface area contributed by atoms with Gasteiger partial charge in [0.2, 0.25) is 0 Å².